The maximum Gasteiger partial charge on any atom is 0.0625 e. The van der Waals surface area contributed by atoms with Gasteiger partial charge < -0.3 is 10.8 Å². The summed E-state index contributed by atoms with van der Waals surface area (Å²) in [5.74, 6) is 0.155. The van der Waals surface area contributed by atoms with Crippen LogP contribution in [0, 0.1) is 12.8 Å². The molecule has 3 N–H and O–H groups in total. The van der Waals surface area contributed by atoms with Gasteiger partial charge in [-0.25, -0.2) is 0 Å². The average molecular weight is 183 g/mol. The number of aliphatic hydroxyl groups is 1. The van der Waals surface area contributed by atoms with E-state index in [4.69, 9.17) is 10.8 Å². The van der Waals surface area contributed by atoms with Gasteiger partial charge in [0.2, 0.25) is 0 Å². The van der Waals surface area contributed by atoms with Crippen molar-refractivity contribution in [3.05, 3.63) is 17.5 Å². The first-order valence-corrected chi connectivity index (χ1v) is 4.47. The lowest BCUT2D eigenvalue weighted by Crippen LogP contribution is -2.20. The Hall–Kier alpha value is -0.870. The van der Waals surface area contributed by atoms with Gasteiger partial charge in [0.15, 0.2) is 0 Å². The Bertz CT molecular complexity index is 266. The molecule has 0 aromatic carbocycles. The number of hydrogen-bond acceptors (Lipinski definition) is 3. The second-order valence-electron chi connectivity index (χ2n) is 3.40. The molecule has 0 aliphatic heterocycles. The fourth-order valence-electron chi connectivity index (χ4n) is 1.38. The zero-order valence-corrected chi connectivity index (χ0v) is 8.20. The first kappa shape index (κ1) is 10.2. The highest BCUT2D eigenvalue weighted by atomic mass is 16.3. The molecule has 1 unspecified atom stereocenters. The number of nitrogens with zero attached hydrogens (tertiary/aromatic N) is 2. The van der Waals surface area contributed by atoms with Gasteiger partial charge in [0.1, 0.15) is 0 Å². The highest BCUT2D eigenvalue weighted by Crippen LogP contribution is 2.10. The third kappa shape index (κ3) is 2.54. The van der Waals surface area contributed by atoms with Gasteiger partial charge in [-0.1, -0.05) is 0 Å². The molecule has 1 aromatic rings. The van der Waals surface area contributed by atoms with Crippen molar-refractivity contribution in [3.63, 3.8) is 0 Å². The lowest BCUT2D eigenvalue weighted by Gasteiger charge is -2.09. The first-order valence-electron chi connectivity index (χ1n) is 4.47. The fourth-order valence-corrected chi connectivity index (χ4v) is 1.38. The lowest BCUT2D eigenvalue weighted by atomic mass is 10.0. The van der Waals surface area contributed by atoms with Crippen LogP contribution in [-0.2, 0) is 13.5 Å². The van der Waals surface area contributed by atoms with Crippen LogP contribution in [0.15, 0.2) is 6.20 Å². The van der Waals surface area contributed by atoms with Gasteiger partial charge in [-0.05, 0) is 31.4 Å². The molecule has 4 nitrogen and oxygen atoms in total. The number of rotatable bonds is 4. The van der Waals surface area contributed by atoms with Crippen molar-refractivity contribution in [2.24, 2.45) is 18.7 Å². The molecular formula is C9H17N3O. The third-order valence-corrected chi connectivity index (χ3v) is 2.22. The largest absolute Gasteiger partial charge is 0.396 e. The summed E-state index contributed by atoms with van der Waals surface area (Å²) < 4.78 is 1.79. The predicted molar refractivity (Wildman–Crippen MR) is 51.3 cm³/mol. The molecule has 1 heterocycles. The van der Waals surface area contributed by atoms with Crippen LogP contribution < -0.4 is 5.73 Å². The first-order chi connectivity index (χ1) is 6.17. The summed E-state index contributed by atoms with van der Waals surface area (Å²) in [6.07, 6.45) is 2.79. The van der Waals surface area contributed by atoms with Crippen LogP contribution in [0.4, 0.5) is 0 Å². The Morgan fingerprint density at radius 2 is 2.38 bits per heavy atom. The standard InChI is InChI=1S/C9H17N3O/c1-7-9(5-12(2)11-7)3-8(4-10)6-13/h5,8,13H,3-4,6,10H2,1-2H3. The molecule has 1 atom stereocenters. The second kappa shape index (κ2) is 4.39. The molecule has 0 amide bonds. The lowest BCUT2D eigenvalue weighted by molar-refractivity contribution is 0.229. The maximum atomic E-state index is 8.98. The van der Waals surface area contributed by atoms with Gasteiger partial charge in [0.05, 0.1) is 5.69 Å². The summed E-state index contributed by atoms with van der Waals surface area (Å²) in [5, 5.41) is 13.2. The summed E-state index contributed by atoms with van der Waals surface area (Å²) in [4.78, 5) is 0. The number of hydrogen-bond donors (Lipinski definition) is 2. The van der Waals surface area contributed by atoms with Crippen molar-refractivity contribution in [3.8, 4) is 0 Å². The minimum Gasteiger partial charge on any atom is -0.396 e. The van der Waals surface area contributed by atoms with Gasteiger partial charge in [-0.15, -0.1) is 0 Å². The molecule has 0 radical (unpaired) electrons. The predicted octanol–water partition coefficient (Wildman–Crippen LogP) is -0.162. The van der Waals surface area contributed by atoms with Crippen molar-refractivity contribution in [1.29, 1.82) is 0 Å². The SMILES string of the molecule is Cc1nn(C)cc1CC(CN)CO. The number of aliphatic hydroxyl groups excluding tert-OH is 1. The van der Waals surface area contributed by atoms with Crippen molar-refractivity contribution in [2.45, 2.75) is 13.3 Å². The molecule has 0 aliphatic carbocycles. The summed E-state index contributed by atoms with van der Waals surface area (Å²) >= 11 is 0. The van der Waals surface area contributed by atoms with E-state index in [1.807, 2.05) is 20.2 Å². The molecule has 4 heteroatoms. The molecule has 0 fully saturated rings. The molecule has 0 bridgehead atoms. The van der Waals surface area contributed by atoms with E-state index in [9.17, 15) is 0 Å². The van der Waals surface area contributed by atoms with E-state index in [0.717, 1.165) is 12.1 Å². The van der Waals surface area contributed by atoms with Crippen LogP contribution in [0.2, 0.25) is 0 Å². The zero-order valence-electron chi connectivity index (χ0n) is 8.20. The van der Waals surface area contributed by atoms with E-state index in [1.54, 1.807) is 4.68 Å². The van der Waals surface area contributed by atoms with Crippen LogP contribution in [0.3, 0.4) is 0 Å². The van der Waals surface area contributed by atoms with Crippen LogP contribution in [-0.4, -0.2) is 28.0 Å². The molecular weight excluding hydrogens is 166 g/mol. The van der Waals surface area contributed by atoms with E-state index < -0.39 is 0 Å². The second-order valence-corrected chi connectivity index (χ2v) is 3.40. The third-order valence-electron chi connectivity index (χ3n) is 2.22. The van der Waals surface area contributed by atoms with Crippen molar-refractivity contribution in [2.75, 3.05) is 13.2 Å². The van der Waals surface area contributed by atoms with Crippen LogP contribution >= 0.6 is 0 Å². The minimum absolute atomic E-state index is 0.144. The van der Waals surface area contributed by atoms with Crippen molar-refractivity contribution >= 4 is 0 Å². The summed E-state index contributed by atoms with van der Waals surface area (Å²) in [6, 6.07) is 0. The Kier molecular flexibility index (Phi) is 3.45. The Balaban J connectivity index is 2.67. The molecule has 1 rings (SSSR count). The van der Waals surface area contributed by atoms with Gasteiger partial charge >= 0.3 is 0 Å². The van der Waals surface area contributed by atoms with Crippen LogP contribution in [0.25, 0.3) is 0 Å². The molecule has 13 heavy (non-hydrogen) atoms. The van der Waals surface area contributed by atoms with E-state index in [0.29, 0.717) is 6.54 Å². The fraction of sp³-hybridized carbons (Fsp3) is 0.667. The highest BCUT2D eigenvalue weighted by molar-refractivity contribution is 5.15. The number of aryl methyl sites for hydroxylation is 2. The molecule has 0 spiro atoms. The number of aromatic nitrogens is 2. The number of nitrogens with two attached hydrogens (primary N) is 1. The summed E-state index contributed by atoms with van der Waals surface area (Å²) in [6.45, 7) is 2.63. The minimum atomic E-state index is 0.144. The van der Waals surface area contributed by atoms with E-state index in [1.165, 1.54) is 5.56 Å². The van der Waals surface area contributed by atoms with Crippen molar-refractivity contribution < 1.29 is 5.11 Å². The Morgan fingerprint density at radius 1 is 1.69 bits per heavy atom. The molecule has 0 aliphatic rings. The maximum absolute atomic E-state index is 8.98. The normalized spacial score (nSPS) is 13.2. The van der Waals surface area contributed by atoms with Gasteiger partial charge in [-0.3, -0.25) is 4.68 Å². The van der Waals surface area contributed by atoms with E-state index in [-0.39, 0.29) is 12.5 Å². The quantitative estimate of drug-likeness (QED) is 0.681. The molecule has 0 saturated carbocycles. The van der Waals surface area contributed by atoms with E-state index >= 15 is 0 Å². The molecule has 1 aromatic heterocycles. The van der Waals surface area contributed by atoms with Gasteiger partial charge in [0, 0.05) is 19.9 Å². The van der Waals surface area contributed by atoms with Crippen LogP contribution in [0.5, 0.6) is 0 Å². The highest BCUT2D eigenvalue weighted by Gasteiger charge is 2.10. The monoisotopic (exact) mass is 183 g/mol. The topological polar surface area (TPSA) is 64.1 Å². The van der Waals surface area contributed by atoms with Gasteiger partial charge in [0.25, 0.3) is 0 Å². The van der Waals surface area contributed by atoms with E-state index in [2.05, 4.69) is 5.10 Å². The summed E-state index contributed by atoms with van der Waals surface area (Å²) in [5.41, 5.74) is 7.70. The smallest absolute Gasteiger partial charge is 0.0625 e. The molecule has 74 valence electrons. The average Bonchev–Trinajstić information content (AvgIpc) is 2.41. The Morgan fingerprint density at radius 3 is 2.77 bits per heavy atom. The Labute approximate surface area is 78.4 Å². The van der Waals surface area contributed by atoms with Crippen molar-refractivity contribution in [1.82, 2.24) is 9.78 Å². The zero-order chi connectivity index (χ0) is 9.84. The van der Waals surface area contributed by atoms with Crippen LogP contribution in [0.1, 0.15) is 11.3 Å². The summed E-state index contributed by atoms with van der Waals surface area (Å²) in [7, 11) is 1.90. The van der Waals surface area contributed by atoms with Gasteiger partial charge in [-0.2, -0.15) is 5.10 Å². The molecule has 0 saturated heterocycles.